The molecule has 0 saturated carbocycles. The summed E-state index contributed by atoms with van der Waals surface area (Å²) in [5, 5.41) is 12.6. The van der Waals surface area contributed by atoms with Crippen molar-refractivity contribution in [3.05, 3.63) is 95.6 Å². The number of rotatable bonds is 5. The van der Waals surface area contributed by atoms with Gasteiger partial charge in [0.25, 0.3) is 5.91 Å². The maximum atomic E-state index is 13.2. The van der Waals surface area contributed by atoms with Crippen LogP contribution in [0.25, 0.3) is 11.1 Å². The number of carbonyl (C=O) groups is 1. The van der Waals surface area contributed by atoms with E-state index in [-0.39, 0.29) is 11.7 Å². The van der Waals surface area contributed by atoms with Crippen LogP contribution in [-0.4, -0.2) is 11.0 Å². The fourth-order valence-corrected chi connectivity index (χ4v) is 3.07. The molecular weight excluding hydrogens is 334 g/mol. The topological polar surface area (TPSA) is 49.3 Å². The van der Waals surface area contributed by atoms with Gasteiger partial charge in [-0.1, -0.05) is 67.1 Å². The first kappa shape index (κ1) is 18.5. The largest absolute Gasteiger partial charge is 0.508 e. The van der Waals surface area contributed by atoms with Crippen molar-refractivity contribution in [2.75, 3.05) is 5.32 Å². The third-order valence-electron chi connectivity index (χ3n) is 4.47. The van der Waals surface area contributed by atoms with Gasteiger partial charge in [0.2, 0.25) is 0 Å². The van der Waals surface area contributed by atoms with Crippen LogP contribution in [0.2, 0.25) is 0 Å². The van der Waals surface area contributed by atoms with Gasteiger partial charge in [0, 0.05) is 5.69 Å². The van der Waals surface area contributed by atoms with E-state index in [2.05, 4.69) is 5.32 Å². The lowest BCUT2D eigenvalue weighted by Gasteiger charge is -2.16. The van der Waals surface area contributed by atoms with Crippen molar-refractivity contribution in [1.82, 2.24) is 0 Å². The average molecular weight is 357 g/mol. The summed E-state index contributed by atoms with van der Waals surface area (Å²) in [5.74, 6) is 0.0139. The van der Waals surface area contributed by atoms with Crippen molar-refractivity contribution in [3.8, 4) is 5.75 Å². The van der Waals surface area contributed by atoms with E-state index < -0.39 is 0 Å². The Morgan fingerprint density at radius 1 is 0.852 bits per heavy atom. The zero-order chi connectivity index (χ0) is 19.2. The SMILES string of the molecule is CC/C(=C(\C(=O)Nc1ccc(C)cc1)c1ccc(O)cc1)c1ccccc1. The molecule has 0 fully saturated rings. The fourth-order valence-electron chi connectivity index (χ4n) is 3.07. The number of phenolic OH excluding ortho intramolecular Hbond substituents is 1. The first-order valence-electron chi connectivity index (χ1n) is 9.04. The second-order valence-corrected chi connectivity index (χ2v) is 6.44. The Morgan fingerprint density at radius 2 is 1.48 bits per heavy atom. The summed E-state index contributed by atoms with van der Waals surface area (Å²) in [6.45, 7) is 4.06. The molecule has 0 aliphatic heterocycles. The van der Waals surface area contributed by atoms with Crippen molar-refractivity contribution in [2.45, 2.75) is 20.3 Å². The minimum atomic E-state index is -0.162. The Hall–Kier alpha value is -3.33. The monoisotopic (exact) mass is 357 g/mol. The van der Waals surface area contributed by atoms with Gasteiger partial charge in [0.1, 0.15) is 5.75 Å². The van der Waals surface area contributed by atoms with E-state index >= 15 is 0 Å². The quantitative estimate of drug-likeness (QED) is 0.457. The molecule has 2 N–H and O–H groups in total. The van der Waals surface area contributed by atoms with Gasteiger partial charge in [0.05, 0.1) is 5.57 Å². The fraction of sp³-hybridized carbons (Fsp3) is 0.125. The highest BCUT2D eigenvalue weighted by molar-refractivity contribution is 6.31. The molecule has 136 valence electrons. The molecule has 3 nitrogen and oxygen atoms in total. The van der Waals surface area contributed by atoms with E-state index in [0.29, 0.717) is 12.0 Å². The van der Waals surface area contributed by atoms with E-state index in [1.807, 2.05) is 68.4 Å². The van der Waals surface area contributed by atoms with Gasteiger partial charge in [-0.05, 0) is 54.3 Å². The highest BCUT2D eigenvalue weighted by Crippen LogP contribution is 2.31. The number of phenols is 1. The first-order valence-corrected chi connectivity index (χ1v) is 9.04. The van der Waals surface area contributed by atoms with E-state index in [9.17, 15) is 9.90 Å². The minimum Gasteiger partial charge on any atom is -0.508 e. The van der Waals surface area contributed by atoms with Gasteiger partial charge in [-0.25, -0.2) is 0 Å². The molecule has 3 heteroatoms. The second-order valence-electron chi connectivity index (χ2n) is 6.44. The first-order chi connectivity index (χ1) is 13.1. The lowest BCUT2D eigenvalue weighted by atomic mass is 9.92. The molecule has 0 radical (unpaired) electrons. The standard InChI is InChI=1S/C24H23NO2/c1-3-22(18-7-5-4-6-8-18)23(19-11-15-21(26)16-12-19)24(27)25-20-13-9-17(2)10-14-20/h4-16,26H,3H2,1-2H3,(H,25,27)/b23-22+. The van der Waals surface area contributed by atoms with Crippen LogP contribution >= 0.6 is 0 Å². The van der Waals surface area contributed by atoms with Crippen molar-refractivity contribution in [3.63, 3.8) is 0 Å². The zero-order valence-electron chi connectivity index (χ0n) is 15.6. The minimum absolute atomic E-state index is 0.162. The smallest absolute Gasteiger partial charge is 0.256 e. The van der Waals surface area contributed by atoms with Crippen LogP contribution in [-0.2, 0) is 4.79 Å². The second kappa shape index (κ2) is 8.37. The Kier molecular flexibility index (Phi) is 5.72. The number of aromatic hydroxyl groups is 1. The van der Waals surface area contributed by atoms with Crippen molar-refractivity contribution in [2.24, 2.45) is 0 Å². The van der Waals surface area contributed by atoms with Gasteiger partial charge in [-0.15, -0.1) is 0 Å². The molecule has 0 spiro atoms. The number of carbonyl (C=O) groups excluding carboxylic acids is 1. The van der Waals surface area contributed by atoms with Gasteiger partial charge in [0.15, 0.2) is 0 Å². The van der Waals surface area contributed by atoms with E-state index in [4.69, 9.17) is 0 Å². The van der Waals surface area contributed by atoms with Crippen LogP contribution in [0.5, 0.6) is 5.75 Å². The Morgan fingerprint density at radius 3 is 2.07 bits per heavy atom. The Labute approximate surface area is 160 Å². The predicted octanol–water partition coefficient (Wildman–Crippen LogP) is 5.66. The summed E-state index contributed by atoms with van der Waals surface area (Å²) in [6, 6.07) is 24.4. The van der Waals surface area contributed by atoms with Crippen LogP contribution in [0, 0.1) is 6.92 Å². The highest BCUT2D eigenvalue weighted by atomic mass is 16.3. The van der Waals surface area contributed by atoms with Crippen LogP contribution in [0.15, 0.2) is 78.9 Å². The number of benzene rings is 3. The highest BCUT2D eigenvalue weighted by Gasteiger charge is 2.18. The molecule has 27 heavy (non-hydrogen) atoms. The van der Waals surface area contributed by atoms with Crippen molar-refractivity contribution >= 4 is 22.7 Å². The summed E-state index contributed by atoms with van der Waals surface area (Å²) in [6.07, 6.45) is 0.710. The normalized spacial score (nSPS) is 11.6. The molecule has 0 atom stereocenters. The molecule has 0 aromatic heterocycles. The third kappa shape index (κ3) is 4.45. The Bertz CT molecular complexity index is 940. The van der Waals surface area contributed by atoms with Crippen LogP contribution in [0.4, 0.5) is 5.69 Å². The summed E-state index contributed by atoms with van der Waals surface area (Å²) in [7, 11) is 0. The lowest BCUT2D eigenvalue weighted by Crippen LogP contribution is -2.15. The molecule has 0 heterocycles. The number of allylic oxidation sites excluding steroid dienone is 1. The molecule has 0 unspecified atom stereocenters. The van der Waals surface area contributed by atoms with Gasteiger partial charge in [-0.2, -0.15) is 0 Å². The van der Waals surface area contributed by atoms with E-state index in [0.717, 1.165) is 28.0 Å². The van der Waals surface area contributed by atoms with E-state index in [1.165, 1.54) is 0 Å². The van der Waals surface area contributed by atoms with Crippen molar-refractivity contribution < 1.29 is 9.90 Å². The van der Waals surface area contributed by atoms with Gasteiger partial charge >= 0.3 is 0 Å². The molecule has 3 aromatic carbocycles. The maximum absolute atomic E-state index is 13.2. The summed E-state index contributed by atoms with van der Waals surface area (Å²) < 4.78 is 0. The molecule has 0 bridgehead atoms. The number of hydrogen-bond acceptors (Lipinski definition) is 2. The van der Waals surface area contributed by atoms with Crippen LogP contribution < -0.4 is 5.32 Å². The molecule has 3 aromatic rings. The van der Waals surface area contributed by atoms with Gasteiger partial charge in [-0.3, -0.25) is 4.79 Å². The average Bonchev–Trinajstić information content (AvgIpc) is 2.69. The number of nitrogens with one attached hydrogen (secondary N) is 1. The predicted molar refractivity (Wildman–Crippen MR) is 111 cm³/mol. The van der Waals surface area contributed by atoms with E-state index in [1.54, 1.807) is 24.3 Å². The summed E-state index contributed by atoms with van der Waals surface area (Å²) in [5.41, 5.74) is 5.27. The third-order valence-corrected chi connectivity index (χ3v) is 4.47. The zero-order valence-corrected chi connectivity index (χ0v) is 15.6. The number of amides is 1. The molecule has 0 aliphatic carbocycles. The lowest BCUT2D eigenvalue weighted by molar-refractivity contribution is -0.111. The summed E-state index contributed by atoms with van der Waals surface area (Å²) >= 11 is 0. The maximum Gasteiger partial charge on any atom is 0.256 e. The summed E-state index contributed by atoms with van der Waals surface area (Å²) in [4.78, 5) is 13.2. The molecule has 0 aliphatic rings. The van der Waals surface area contributed by atoms with Crippen molar-refractivity contribution in [1.29, 1.82) is 0 Å². The number of anilines is 1. The molecule has 3 rings (SSSR count). The number of hydrogen-bond donors (Lipinski definition) is 2. The molecular formula is C24H23NO2. The number of aryl methyl sites for hydroxylation is 1. The van der Waals surface area contributed by atoms with Gasteiger partial charge < -0.3 is 10.4 Å². The van der Waals surface area contributed by atoms with Crippen LogP contribution in [0.3, 0.4) is 0 Å². The molecule has 1 amide bonds. The van der Waals surface area contributed by atoms with Crippen LogP contribution in [0.1, 0.15) is 30.0 Å². The molecule has 0 saturated heterocycles. The Balaban J connectivity index is 2.09.